The number of carbonyl (C=O) groups excluding carboxylic acids is 5. The number of benzene rings is 2. The second-order valence-corrected chi connectivity index (χ2v) is 18.9. The fourth-order valence-electron chi connectivity index (χ4n) is 6.28. The van der Waals surface area contributed by atoms with Gasteiger partial charge < -0.3 is 34.5 Å². The number of esters is 2. The minimum absolute atomic E-state index is 0.129. The van der Waals surface area contributed by atoms with Crippen molar-refractivity contribution in [3.63, 3.8) is 0 Å². The van der Waals surface area contributed by atoms with Crippen molar-refractivity contribution in [3.8, 4) is 5.75 Å². The first-order valence-electron chi connectivity index (χ1n) is 20.4. The predicted octanol–water partition coefficient (Wildman–Crippen LogP) is 7.23. The van der Waals surface area contributed by atoms with Gasteiger partial charge in [-0.15, -0.1) is 0 Å². The molecule has 0 bridgehead atoms. The molecule has 0 unspecified atom stereocenters. The van der Waals surface area contributed by atoms with Crippen molar-refractivity contribution in [1.82, 2.24) is 20.4 Å². The first-order chi connectivity index (χ1) is 26.8. The van der Waals surface area contributed by atoms with Crippen LogP contribution in [0.5, 0.6) is 5.75 Å². The molecule has 4 amide bonds. The van der Waals surface area contributed by atoms with Crippen LogP contribution in [-0.2, 0) is 41.4 Å². The van der Waals surface area contributed by atoms with E-state index in [1.54, 1.807) is 62.3 Å². The van der Waals surface area contributed by atoms with Crippen molar-refractivity contribution in [1.29, 1.82) is 0 Å². The Kier molecular flexibility index (Phi) is 16.6. The van der Waals surface area contributed by atoms with Gasteiger partial charge in [-0.25, -0.2) is 14.4 Å². The normalized spacial score (nSPS) is 15.8. The largest absolute Gasteiger partial charge is 0.488 e. The summed E-state index contributed by atoms with van der Waals surface area (Å²) in [6.07, 6.45) is 1.81. The third-order valence-corrected chi connectivity index (χ3v) is 8.69. The second-order valence-electron chi connectivity index (χ2n) is 18.9. The molecule has 2 N–H and O–H groups in total. The number of amides is 4. The van der Waals surface area contributed by atoms with Crippen molar-refractivity contribution >= 4 is 30.0 Å². The Morgan fingerprint density at radius 2 is 1.33 bits per heavy atom. The molecule has 0 aliphatic carbocycles. The van der Waals surface area contributed by atoms with E-state index in [1.807, 2.05) is 75.4 Å². The van der Waals surface area contributed by atoms with Gasteiger partial charge in [-0.05, 0) is 132 Å². The molecule has 2 aromatic rings. The maximum absolute atomic E-state index is 14.4. The van der Waals surface area contributed by atoms with Crippen LogP contribution < -0.4 is 15.4 Å². The molecule has 2 aromatic carbocycles. The Hall–Kier alpha value is -4.81. The van der Waals surface area contributed by atoms with Crippen LogP contribution in [0.3, 0.4) is 0 Å². The minimum Gasteiger partial charge on any atom is -0.488 e. The van der Waals surface area contributed by atoms with Crippen LogP contribution in [0.1, 0.15) is 113 Å². The van der Waals surface area contributed by atoms with Crippen molar-refractivity contribution < 1.29 is 42.9 Å². The van der Waals surface area contributed by atoms with Gasteiger partial charge in [0, 0.05) is 32.6 Å². The average molecular weight is 809 g/mol. The Bertz CT molecular complexity index is 1670. The molecule has 0 radical (unpaired) electrons. The molecule has 322 valence electrons. The van der Waals surface area contributed by atoms with Gasteiger partial charge >= 0.3 is 24.1 Å². The molecule has 1 heterocycles. The molecule has 1 aliphatic heterocycles. The number of rotatable bonds is 15. The monoisotopic (exact) mass is 808 g/mol. The highest BCUT2D eigenvalue weighted by atomic mass is 16.6. The van der Waals surface area contributed by atoms with Gasteiger partial charge in [0.2, 0.25) is 5.91 Å². The third-order valence-electron chi connectivity index (χ3n) is 8.69. The number of nitrogens with one attached hydrogen (secondary N) is 2. The molecule has 13 heteroatoms. The summed E-state index contributed by atoms with van der Waals surface area (Å²) < 4.78 is 23.1. The van der Waals surface area contributed by atoms with Crippen LogP contribution in [-0.4, -0.2) is 100 Å². The molecule has 3 atom stereocenters. The van der Waals surface area contributed by atoms with Gasteiger partial charge in [-0.1, -0.05) is 42.5 Å². The number of aryl methyl sites for hydroxylation is 1. The lowest BCUT2D eigenvalue weighted by Gasteiger charge is -2.32. The van der Waals surface area contributed by atoms with Crippen LogP contribution in [0, 0.1) is 5.92 Å². The van der Waals surface area contributed by atoms with Gasteiger partial charge in [0.05, 0.1) is 5.92 Å². The van der Waals surface area contributed by atoms with Crippen LogP contribution >= 0.6 is 0 Å². The predicted molar refractivity (Wildman–Crippen MR) is 223 cm³/mol. The van der Waals surface area contributed by atoms with Crippen molar-refractivity contribution in [2.75, 3.05) is 26.2 Å². The Balaban J connectivity index is 1.90. The van der Waals surface area contributed by atoms with Gasteiger partial charge in [-0.2, -0.15) is 0 Å². The van der Waals surface area contributed by atoms with E-state index < -0.39 is 70.4 Å². The van der Waals surface area contributed by atoms with E-state index in [4.69, 9.17) is 18.9 Å². The molecule has 0 aromatic heterocycles. The van der Waals surface area contributed by atoms with Crippen molar-refractivity contribution in [2.45, 2.75) is 150 Å². The number of urea groups is 1. The topological polar surface area (TPSA) is 153 Å². The summed E-state index contributed by atoms with van der Waals surface area (Å²) >= 11 is 0. The zero-order chi connectivity index (χ0) is 43.5. The van der Waals surface area contributed by atoms with Crippen LogP contribution in [0.4, 0.5) is 9.59 Å². The summed E-state index contributed by atoms with van der Waals surface area (Å²) in [5.74, 6) is -1.96. The molecule has 1 aliphatic rings. The molecule has 3 rings (SSSR count). The zero-order valence-corrected chi connectivity index (χ0v) is 36.9. The highest BCUT2D eigenvalue weighted by Crippen LogP contribution is 2.23. The summed E-state index contributed by atoms with van der Waals surface area (Å²) in [5.41, 5.74) is -0.951. The van der Waals surface area contributed by atoms with Gasteiger partial charge in [0.1, 0.15) is 40.2 Å². The lowest BCUT2D eigenvalue weighted by atomic mass is 10.0. The standard InChI is InChI=1S/C45H68N4O9/c1-42(2,3)55-34-24-22-32(23-25-34)28-35(39(52)57-44(7,8)9)47-40(53)48(26-16-20-31-18-14-13-15-19-31)30-33(38(51)56-43(4,5)6)29-46-37(50)36-21-17-27-49(36)41(54)58-45(10,11)12/h13-15,18-19,22-25,33,35-36H,16-17,20-21,26-30H2,1-12H3,(H,46,50)(H,47,53)/t33-,35+,36+/m1/s1. The number of hydrogen-bond acceptors (Lipinski definition) is 9. The molecule has 1 fully saturated rings. The Morgan fingerprint density at radius 3 is 1.90 bits per heavy atom. The lowest BCUT2D eigenvalue weighted by molar-refractivity contribution is -0.161. The molecule has 13 nitrogen and oxygen atoms in total. The number of hydrogen-bond donors (Lipinski definition) is 2. The molecule has 0 saturated carbocycles. The van der Waals surface area contributed by atoms with Crippen LogP contribution in [0.15, 0.2) is 54.6 Å². The van der Waals surface area contributed by atoms with E-state index >= 15 is 0 Å². The molecular weight excluding hydrogens is 741 g/mol. The second kappa shape index (κ2) is 20.2. The number of ether oxygens (including phenoxy) is 4. The van der Waals surface area contributed by atoms with Crippen LogP contribution in [0.2, 0.25) is 0 Å². The molecule has 0 spiro atoms. The smallest absolute Gasteiger partial charge is 0.410 e. The maximum atomic E-state index is 14.4. The maximum Gasteiger partial charge on any atom is 0.410 e. The SMILES string of the molecule is CC(C)(C)OC(=O)[C@H](CNC(=O)[C@@H]1CCCN1C(=O)OC(C)(C)C)CN(CCCc1ccccc1)C(=O)N[C@@H](Cc1ccc(OC(C)(C)C)cc1)C(=O)OC(C)(C)C. The van der Waals surface area contributed by atoms with E-state index in [0.717, 1.165) is 11.1 Å². The molecular formula is C45H68N4O9. The minimum atomic E-state index is -1.07. The van der Waals surface area contributed by atoms with Crippen molar-refractivity contribution in [3.05, 3.63) is 65.7 Å². The van der Waals surface area contributed by atoms with Gasteiger partial charge in [-0.3, -0.25) is 14.5 Å². The summed E-state index contributed by atoms with van der Waals surface area (Å²) in [5, 5.41) is 5.78. The quantitative estimate of drug-likeness (QED) is 0.140. The first-order valence-corrected chi connectivity index (χ1v) is 20.4. The van der Waals surface area contributed by atoms with E-state index in [9.17, 15) is 24.0 Å². The first kappa shape index (κ1) is 47.6. The Labute approximate surface area is 345 Å². The number of likely N-dealkylation sites (tertiary alicyclic amines) is 1. The fraction of sp³-hybridized carbons (Fsp3) is 0.622. The Morgan fingerprint density at radius 1 is 0.741 bits per heavy atom. The van der Waals surface area contributed by atoms with Crippen LogP contribution in [0.25, 0.3) is 0 Å². The van der Waals surface area contributed by atoms with E-state index in [1.165, 1.54) is 9.80 Å². The molecule has 58 heavy (non-hydrogen) atoms. The van der Waals surface area contributed by atoms with E-state index in [0.29, 0.717) is 38.0 Å². The lowest BCUT2D eigenvalue weighted by Crippen LogP contribution is -2.54. The zero-order valence-electron chi connectivity index (χ0n) is 36.9. The van der Waals surface area contributed by atoms with Gasteiger partial charge in [0.25, 0.3) is 0 Å². The average Bonchev–Trinajstić information content (AvgIpc) is 3.58. The summed E-state index contributed by atoms with van der Waals surface area (Å²) in [7, 11) is 0. The molecule has 1 saturated heterocycles. The van der Waals surface area contributed by atoms with Gasteiger partial charge in [0.15, 0.2) is 0 Å². The number of carbonyl (C=O) groups is 5. The summed E-state index contributed by atoms with van der Waals surface area (Å²) in [4.78, 5) is 71.3. The summed E-state index contributed by atoms with van der Waals surface area (Å²) in [6.45, 7) is 22.0. The number of nitrogens with zero attached hydrogens (tertiary/aromatic N) is 2. The highest BCUT2D eigenvalue weighted by molar-refractivity contribution is 5.87. The highest BCUT2D eigenvalue weighted by Gasteiger charge is 2.38. The third kappa shape index (κ3) is 17.4. The van der Waals surface area contributed by atoms with E-state index in [2.05, 4.69) is 10.6 Å². The van der Waals surface area contributed by atoms with E-state index in [-0.39, 0.29) is 26.1 Å². The van der Waals surface area contributed by atoms with Crippen molar-refractivity contribution in [2.24, 2.45) is 5.92 Å². The summed E-state index contributed by atoms with van der Waals surface area (Å²) in [6, 6.07) is 14.7. The fourth-order valence-corrected chi connectivity index (χ4v) is 6.28.